The lowest BCUT2D eigenvalue weighted by molar-refractivity contribution is -0.0512. The Bertz CT molecular complexity index is 109. The Morgan fingerprint density at radius 3 is 2.22 bits per heavy atom. The van der Waals surface area contributed by atoms with Crippen LogP contribution in [0.4, 0.5) is 0 Å². The summed E-state index contributed by atoms with van der Waals surface area (Å²) in [5.74, 6) is 0. The van der Waals surface area contributed by atoms with Crippen LogP contribution in [-0.4, -0.2) is 22.9 Å². The summed E-state index contributed by atoms with van der Waals surface area (Å²) in [6.07, 6.45) is 0.704. The number of aliphatic hydroxyl groups is 1. The maximum absolute atomic E-state index is 9.30. The molecule has 0 aromatic carbocycles. The second-order valence-corrected chi connectivity index (χ2v) is 3.28. The molecule has 1 heterocycles. The monoisotopic (exact) mass is 130 g/mol. The second kappa shape index (κ2) is 1.96. The number of aliphatic hydroxyl groups excluding tert-OH is 1. The van der Waals surface area contributed by atoms with E-state index in [2.05, 4.69) is 0 Å². The summed E-state index contributed by atoms with van der Waals surface area (Å²) in [7, 11) is 0. The van der Waals surface area contributed by atoms with Gasteiger partial charge in [-0.05, 0) is 20.8 Å². The fourth-order valence-electron chi connectivity index (χ4n) is 1.24. The minimum atomic E-state index is -0.320. The summed E-state index contributed by atoms with van der Waals surface area (Å²) < 4.78 is 5.41. The average Bonchev–Trinajstić information content (AvgIpc) is 1.79. The molecule has 2 nitrogen and oxygen atoms in total. The van der Waals surface area contributed by atoms with Crippen molar-refractivity contribution >= 4 is 0 Å². The zero-order chi connectivity index (χ0) is 7.07. The van der Waals surface area contributed by atoms with E-state index < -0.39 is 0 Å². The number of hydrogen-bond donors (Lipinski definition) is 1. The van der Waals surface area contributed by atoms with E-state index >= 15 is 0 Å². The number of rotatable bonds is 0. The predicted octanol–water partition coefficient (Wildman–Crippen LogP) is 0.935. The molecule has 0 spiro atoms. The maximum atomic E-state index is 9.30. The Hall–Kier alpha value is -0.0800. The number of ether oxygens (including phenoxy) is 1. The van der Waals surface area contributed by atoms with E-state index in [4.69, 9.17) is 4.74 Å². The third-order valence-electron chi connectivity index (χ3n) is 1.86. The molecule has 2 unspecified atom stereocenters. The van der Waals surface area contributed by atoms with Gasteiger partial charge in [0.05, 0.1) is 17.8 Å². The molecule has 1 rings (SSSR count). The lowest BCUT2D eigenvalue weighted by atomic mass is 10.0. The van der Waals surface area contributed by atoms with Crippen molar-refractivity contribution < 1.29 is 9.84 Å². The molecule has 9 heavy (non-hydrogen) atoms. The van der Waals surface area contributed by atoms with E-state index in [1.165, 1.54) is 0 Å². The minimum Gasteiger partial charge on any atom is -0.390 e. The van der Waals surface area contributed by atoms with Gasteiger partial charge in [-0.3, -0.25) is 0 Å². The Balaban J connectivity index is 2.58. The van der Waals surface area contributed by atoms with Crippen LogP contribution in [0.25, 0.3) is 0 Å². The first-order valence-electron chi connectivity index (χ1n) is 3.38. The number of hydrogen-bond acceptors (Lipinski definition) is 2. The van der Waals surface area contributed by atoms with Crippen LogP contribution >= 0.6 is 0 Å². The lowest BCUT2D eigenvalue weighted by Crippen LogP contribution is -2.31. The molecule has 0 aliphatic carbocycles. The topological polar surface area (TPSA) is 29.5 Å². The van der Waals surface area contributed by atoms with Crippen LogP contribution in [-0.2, 0) is 4.74 Å². The van der Waals surface area contributed by atoms with Crippen LogP contribution < -0.4 is 0 Å². The van der Waals surface area contributed by atoms with Gasteiger partial charge in [-0.15, -0.1) is 0 Å². The third kappa shape index (κ3) is 1.25. The lowest BCUT2D eigenvalue weighted by Gasteiger charge is -2.21. The van der Waals surface area contributed by atoms with E-state index in [-0.39, 0.29) is 17.8 Å². The van der Waals surface area contributed by atoms with Gasteiger partial charge in [-0.25, -0.2) is 0 Å². The Kier molecular flexibility index (Phi) is 1.53. The second-order valence-electron chi connectivity index (χ2n) is 3.28. The van der Waals surface area contributed by atoms with E-state index in [1.54, 1.807) is 0 Å². The highest BCUT2D eigenvalue weighted by molar-refractivity contribution is 4.87. The first-order valence-corrected chi connectivity index (χ1v) is 3.38. The van der Waals surface area contributed by atoms with Crippen LogP contribution in [0.1, 0.15) is 27.2 Å². The molecule has 0 bridgehead atoms. The molecule has 1 N–H and O–H groups in total. The molecule has 0 aromatic heterocycles. The molecule has 2 atom stereocenters. The zero-order valence-corrected chi connectivity index (χ0v) is 6.22. The van der Waals surface area contributed by atoms with Crippen molar-refractivity contribution in [3.63, 3.8) is 0 Å². The van der Waals surface area contributed by atoms with E-state index in [0.29, 0.717) is 0 Å². The summed E-state index contributed by atoms with van der Waals surface area (Å²) in [6.45, 7) is 5.82. The maximum Gasteiger partial charge on any atom is 0.0888 e. The van der Waals surface area contributed by atoms with Crippen molar-refractivity contribution in [2.24, 2.45) is 0 Å². The van der Waals surface area contributed by atoms with Gasteiger partial charge in [-0.2, -0.15) is 0 Å². The van der Waals surface area contributed by atoms with Crippen LogP contribution in [0.15, 0.2) is 0 Å². The van der Waals surface area contributed by atoms with Gasteiger partial charge in [0.1, 0.15) is 0 Å². The van der Waals surface area contributed by atoms with Crippen molar-refractivity contribution in [3.05, 3.63) is 0 Å². The average molecular weight is 130 g/mol. The molecule has 1 fully saturated rings. The van der Waals surface area contributed by atoms with E-state index in [1.807, 2.05) is 20.8 Å². The van der Waals surface area contributed by atoms with Crippen molar-refractivity contribution in [3.8, 4) is 0 Å². The molecule has 0 aromatic rings. The van der Waals surface area contributed by atoms with Gasteiger partial charge < -0.3 is 9.84 Å². The van der Waals surface area contributed by atoms with Crippen molar-refractivity contribution in [2.75, 3.05) is 0 Å². The first kappa shape index (κ1) is 7.03. The molecule has 0 radical (unpaired) electrons. The van der Waals surface area contributed by atoms with E-state index in [0.717, 1.165) is 6.42 Å². The summed E-state index contributed by atoms with van der Waals surface area (Å²) in [5, 5.41) is 9.30. The minimum absolute atomic E-state index is 0.218. The summed E-state index contributed by atoms with van der Waals surface area (Å²) >= 11 is 0. The Labute approximate surface area is 55.8 Å². The predicted molar refractivity (Wildman–Crippen MR) is 35.2 cm³/mol. The van der Waals surface area contributed by atoms with Gasteiger partial charge in [0.25, 0.3) is 0 Å². The van der Waals surface area contributed by atoms with Crippen LogP contribution in [0.3, 0.4) is 0 Å². The quantitative estimate of drug-likeness (QED) is 0.528. The van der Waals surface area contributed by atoms with Crippen LogP contribution in [0, 0.1) is 0 Å². The fourth-order valence-corrected chi connectivity index (χ4v) is 1.24. The molecule has 1 saturated heterocycles. The smallest absolute Gasteiger partial charge is 0.0888 e. The van der Waals surface area contributed by atoms with Gasteiger partial charge >= 0.3 is 0 Å². The largest absolute Gasteiger partial charge is 0.390 e. The third-order valence-corrected chi connectivity index (χ3v) is 1.86. The van der Waals surface area contributed by atoms with Crippen LogP contribution in [0.2, 0.25) is 0 Å². The molecular weight excluding hydrogens is 116 g/mol. The molecule has 1 aliphatic rings. The van der Waals surface area contributed by atoms with Gasteiger partial charge in [0.2, 0.25) is 0 Å². The summed E-state index contributed by atoms with van der Waals surface area (Å²) in [5.41, 5.74) is -0.320. The van der Waals surface area contributed by atoms with Gasteiger partial charge in [-0.1, -0.05) is 0 Å². The van der Waals surface area contributed by atoms with Gasteiger partial charge in [0, 0.05) is 6.42 Å². The summed E-state index contributed by atoms with van der Waals surface area (Å²) in [6, 6.07) is 0. The molecule has 2 heteroatoms. The Morgan fingerprint density at radius 2 is 2.11 bits per heavy atom. The molecular formula is C7H14O2. The molecule has 0 amide bonds. The standard InChI is InChI=1S/C7H14O2/c1-5-4-6(8)7(2,3)9-5/h5-6,8H,4H2,1-3H3. The highest BCUT2D eigenvalue weighted by Gasteiger charge is 2.38. The zero-order valence-electron chi connectivity index (χ0n) is 6.22. The highest BCUT2D eigenvalue weighted by Crippen LogP contribution is 2.29. The molecule has 1 aliphatic heterocycles. The highest BCUT2D eigenvalue weighted by atomic mass is 16.5. The molecule has 0 saturated carbocycles. The normalized spacial score (nSPS) is 41.3. The van der Waals surface area contributed by atoms with Gasteiger partial charge in [0.15, 0.2) is 0 Å². The van der Waals surface area contributed by atoms with Crippen molar-refractivity contribution in [2.45, 2.75) is 45.0 Å². The van der Waals surface area contributed by atoms with Crippen molar-refractivity contribution in [1.82, 2.24) is 0 Å². The molecule has 54 valence electrons. The van der Waals surface area contributed by atoms with E-state index in [9.17, 15) is 5.11 Å². The Morgan fingerprint density at radius 1 is 1.56 bits per heavy atom. The van der Waals surface area contributed by atoms with Crippen LogP contribution in [0.5, 0.6) is 0 Å². The first-order chi connectivity index (χ1) is 4.02. The summed E-state index contributed by atoms with van der Waals surface area (Å²) in [4.78, 5) is 0. The fraction of sp³-hybridized carbons (Fsp3) is 1.00. The SMILES string of the molecule is CC1CC(O)C(C)(C)O1. The van der Waals surface area contributed by atoms with Crippen molar-refractivity contribution in [1.29, 1.82) is 0 Å².